The number of benzene rings is 6. The van der Waals surface area contributed by atoms with Crippen molar-refractivity contribution in [3.8, 4) is 0 Å². The van der Waals surface area contributed by atoms with Gasteiger partial charge >= 0.3 is 0 Å². The fourth-order valence-corrected chi connectivity index (χ4v) is 10.6. The Morgan fingerprint density at radius 2 is 0.655 bits per heavy atom. The summed E-state index contributed by atoms with van der Waals surface area (Å²) in [6.07, 6.45) is 4.26. The van der Waals surface area contributed by atoms with Crippen LogP contribution >= 0.6 is 0 Å². The molecule has 6 N–H and O–H groups in total. The molecule has 9 aromatic rings. The van der Waals surface area contributed by atoms with Crippen LogP contribution < -0.4 is 14.7 Å². The minimum atomic E-state index is -2.13. The third-order valence-electron chi connectivity index (χ3n) is 15.2. The highest BCUT2D eigenvalue weighted by molar-refractivity contribution is 6.19. The first-order valence-corrected chi connectivity index (χ1v) is 26.5. The first kappa shape index (κ1) is 57.8. The Bertz CT molecular complexity index is 3590. The minimum absolute atomic E-state index is 0.0318. The van der Waals surface area contributed by atoms with E-state index in [4.69, 9.17) is 0 Å². The summed E-state index contributed by atoms with van der Waals surface area (Å²) in [5.41, 5.74) is -1.38. The van der Waals surface area contributed by atoms with Crippen molar-refractivity contribution in [1.82, 2.24) is 30.6 Å². The lowest BCUT2D eigenvalue weighted by Gasteiger charge is -2.21. The van der Waals surface area contributed by atoms with Crippen LogP contribution in [0.25, 0.3) is 32.7 Å². The lowest BCUT2D eigenvalue weighted by Crippen LogP contribution is -2.47. The van der Waals surface area contributed by atoms with Crippen LogP contribution in [-0.4, -0.2) is 117 Å². The number of aromatic amines is 3. The first-order chi connectivity index (χ1) is 40.1. The molecule has 432 valence electrons. The van der Waals surface area contributed by atoms with Gasteiger partial charge in [0.25, 0.3) is 17.7 Å². The average Bonchev–Trinajstić information content (AvgIpc) is 3.75. The molecule has 18 nitrogen and oxygen atoms in total. The number of fused-ring (bicyclic) bond motifs is 3. The fourth-order valence-electron chi connectivity index (χ4n) is 10.6. The maximum Gasteiger partial charge on any atom is 0.266 e. The number of aliphatic hydroxyl groups is 3. The van der Waals surface area contributed by atoms with E-state index in [2.05, 4.69) is 30.6 Å². The highest BCUT2D eigenvalue weighted by Gasteiger charge is 2.53. The summed E-state index contributed by atoms with van der Waals surface area (Å²) in [4.78, 5) is 80.1. The number of H-pyrrole nitrogens is 3. The molecule has 24 heteroatoms. The predicted molar refractivity (Wildman–Crippen MR) is 293 cm³/mol. The van der Waals surface area contributed by atoms with Crippen molar-refractivity contribution in [3.63, 3.8) is 0 Å². The predicted octanol–water partition coefficient (Wildman–Crippen LogP) is 7.53. The van der Waals surface area contributed by atoms with E-state index >= 15 is 0 Å². The zero-order valence-corrected chi connectivity index (χ0v) is 44.4. The molecule has 12 rings (SSSR count). The molecule has 0 bridgehead atoms. The first-order valence-electron chi connectivity index (χ1n) is 26.5. The lowest BCUT2D eigenvalue weighted by molar-refractivity contribution is -0.148. The Morgan fingerprint density at radius 3 is 0.905 bits per heavy atom. The van der Waals surface area contributed by atoms with Crippen molar-refractivity contribution in [2.24, 2.45) is 0 Å². The molecular formula is C60H51F6N9O9. The van der Waals surface area contributed by atoms with Gasteiger partial charge in [-0.15, -0.1) is 0 Å². The van der Waals surface area contributed by atoms with Gasteiger partial charge in [-0.3, -0.25) is 44.1 Å². The molecule has 0 aliphatic carbocycles. The Labute approximate surface area is 472 Å². The number of nitrogens with zero attached hydrogens (tertiary/aromatic N) is 6. The van der Waals surface area contributed by atoms with Gasteiger partial charge in [0.15, 0.2) is 17.3 Å². The van der Waals surface area contributed by atoms with Crippen molar-refractivity contribution in [2.75, 3.05) is 34.3 Å². The van der Waals surface area contributed by atoms with E-state index in [1.165, 1.54) is 14.7 Å². The smallest absolute Gasteiger partial charge is 0.266 e. The van der Waals surface area contributed by atoms with Crippen molar-refractivity contribution in [1.29, 1.82) is 0 Å². The molecule has 3 aliphatic heterocycles. The normalized spacial score (nSPS) is 19.5. The number of anilines is 3. The number of carbonyl (C=O) groups excluding carboxylic acids is 6. The van der Waals surface area contributed by atoms with Gasteiger partial charge in [0.1, 0.15) is 34.9 Å². The molecule has 1 unspecified atom stereocenters. The molecule has 3 amide bonds. The number of aryl methyl sites for hydroxylation is 3. The van der Waals surface area contributed by atoms with Gasteiger partial charge in [-0.2, -0.15) is 15.3 Å². The summed E-state index contributed by atoms with van der Waals surface area (Å²) in [6.45, 7) is 0.580. The lowest BCUT2D eigenvalue weighted by atomic mass is 9.92. The summed E-state index contributed by atoms with van der Waals surface area (Å²) in [5.74, 6) is -8.46. The van der Waals surface area contributed by atoms with Crippen molar-refractivity contribution < 1.29 is 70.4 Å². The van der Waals surface area contributed by atoms with Crippen LogP contribution in [0.5, 0.6) is 0 Å². The molecule has 3 aliphatic rings. The van der Waals surface area contributed by atoms with Gasteiger partial charge < -0.3 is 30.0 Å². The van der Waals surface area contributed by atoms with Gasteiger partial charge in [-0.05, 0) is 127 Å². The van der Waals surface area contributed by atoms with E-state index in [1.54, 1.807) is 73.2 Å². The minimum Gasteiger partial charge on any atom is -0.373 e. The molecule has 3 atom stereocenters. The van der Waals surface area contributed by atoms with Crippen LogP contribution in [0.1, 0.15) is 55.2 Å². The van der Waals surface area contributed by atoms with Gasteiger partial charge in [-0.25, -0.2) is 26.3 Å². The molecular weight excluding hydrogens is 1100 g/mol. The molecule has 0 spiro atoms. The van der Waals surface area contributed by atoms with Gasteiger partial charge in [0.2, 0.25) is 16.8 Å². The van der Waals surface area contributed by atoms with Crippen molar-refractivity contribution in [2.45, 2.75) is 74.6 Å². The second-order valence-corrected chi connectivity index (χ2v) is 20.7. The van der Waals surface area contributed by atoms with Crippen molar-refractivity contribution >= 4 is 84.8 Å². The number of hydrogen-bond acceptors (Lipinski definition) is 12. The van der Waals surface area contributed by atoms with Crippen LogP contribution in [-0.2, 0) is 48.0 Å². The Hall–Kier alpha value is -9.39. The summed E-state index contributed by atoms with van der Waals surface area (Å²) in [6, 6.07) is 24.7. The second kappa shape index (κ2) is 23.5. The topological polar surface area (TPSA) is 259 Å². The summed E-state index contributed by atoms with van der Waals surface area (Å²) in [7, 11) is 0. The maximum atomic E-state index is 13.3. The van der Waals surface area contributed by atoms with Crippen LogP contribution in [0.4, 0.5) is 43.4 Å². The Morgan fingerprint density at radius 1 is 0.405 bits per heavy atom. The monoisotopic (exact) mass is 1160 g/mol. The standard InChI is InChI=1S/3C20H17F2N3O3/c3*21-14-7-12(8-15(22)10-14)1-4-18(26)20(28)5-6-25(19(20)27)16-2-3-17-13(9-16)11-23-24-17/h3*2-3,7-11,28H,1,4-6H2,(H,23,24)/t2*20-;/m10./s1. The quantitative estimate of drug-likeness (QED) is 0.0430. The number of halogens is 6. The van der Waals surface area contributed by atoms with Crippen LogP contribution in [0.3, 0.4) is 0 Å². The molecule has 3 fully saturated rings. The van der Waals surface area contributed by atoms with E-state index in [0.29, 0.717) is 33.8 Å². The molecule has 6 aromatic carbocycles. The maximum absolute atomic E-state index is 13.3. The van der Waals surface area contributed by atoms with Crippen LogP contribution in [0.15, 0.2) is 128 Å². The number of rotatable bonds is 15. The third-order valence-corrected chi connectivity index (χ3v) is 15.2. The van der Waals surface area contributed by atoms with Crippen LogP contribution in [0.2, 0.25) is 0 Å². The van der Waals surface area contributed by atoms with E-state index in [0.717, 1.165) is 87.3 Å². The molecule has 6 heterocycles. The fraction of sp³-hybridized carbons (Fsp3) is 0.250. The molecule has 3 saturated heterocycles. The number of carbonyl (C=O) groups is 6. The number of hydrogen-bond donors (Lipinski definition) is 6. The highest BCUT2D eigenvalue weighted by Crippen LogP contribution is 2.35. The summed E-state index contributed by atoms with van der Waals surface area (Å²) < 4.78 is 79.7. The highest BCUT2D eigenvalue weighted by atomic mass is 19.2. The molecule has 0 radical (unpaired) electrons. The molecule has 0 saturated carbocycles. The zero-order valence-electron chi connectivity index (χ0n) is 44.4. The van der Waals surface area contributed by atoms with E-state index < -0.39 is 86.8 Å². The number of ketones is 3. The molecule has 3 aromatic heterocycles. The summed E-state index contributed by atoms with van der Waals surface area (Å²) in [5, 5.41) is 54.8. The Kier molecular flexibility index (Phi) is 16.2. The second-order valence-electron chi connectivity index (χ2n) is 20.7. The third kappa shape index (κ3) is 11.9. The van der Waals surface area contributed by atoms with Crippen LogP contribution in [0, 0.1) is 34.9 Å². The average molecular weight is 1160 g/mol. The Balaban J connectivity index is 0.000000140. The van der Waals surface area contributed by atoms with Crippen molar-refractivity contribution in [3.05, 3.63) is 179 Å². The number of aromatic nitrogens is 6. The van der Waals surface area contributed by atoms with E-state index in [1.807, 2.05) is 0 Å². The van der Waals surface area contributed by atoms with Gasteiger partial charge in [0, 0.05) is 110 Å². The number of amides is 3. The van der Waals surface area contributed by atoms with Gasteiger partial charge in [-0.1, -0.05) is 0 Å². The van der Waals surface area contributed by atoms with Gasteiger partial charge in [0.05, 0.1) is 35.1 Å². The zero-order chi connectivity index (χ0) is 59.7. The SMILES string of the molecule is O=C(CCc1cc(F)cc(F)c1)C1(O)CCN(c2ccc3[nH]ncc3c2)C1=O.O=C(CCc1cc(F)cc(F)c1)[C@@]1(O)CCN(c2ccc3[nH]ncc3c2)C1=O.O=C(CCc1cc(F)cc(F)c1)[C@]1(O)CCN(c2ccc3[nH]ncc3c2)C1=O. The van der Waals surface area contributed by atoms with E-state index in [-0.39, 0.29) is 77.4 Å². The number of nitrogens with one attached hydrogen (secondary N) is 3. The number of Topliss-reactive ketones (excluding diaryl/α,β-unsaturated/α-hetero) is 3. The molecule has 84 heavy (non-hydrogen) atoms. The summed E-state index contributed by atoms with van der Waals surface area (Å²) >= 11 is 0. The van der Waals surface area contributed by atoms with E-state index in [9.17, 15) is 70.4 Å². The largest absolute Gasteiger partial charge is 0.373 e.